The Morgan fingerprint density at radius 3 is 1.72 bits per heavy atom. The first kappa shape index (κ1) is 34.6. The fourth-order valence-corrected chi connectivity index (χ4v) is 2.02. The Bertz CT molecular complexity index is 424. The van der Waals surface area contributed by atoms with Gasteiger partial charge in [-0.25, -0.2) is 0 Å². The average Bonchev–Trinajstić information content (AvgIpc) is 2.69. The standard InChI is InChI=1S/C16H29N3O4.3C2H6/c1-11(2)15(19-14(22)9-6-8-13(17)21)16(23)18-10-5-4-7-12(3)20;3*1-2/h11,15H,4-10H2,1-3H3,(H2,17,21)(H,18,23)(H,19,22);3*1-2H3. The van der Waals surface area contributed by atoms with Gasteiger partial charge in [-0.2, -0.15) is 0 Å². The molecule has 174 valence electrons. The summed E-state index contributed by atoms with van der Waals surface area (Å²) in [5, 5.41) is 5.47. The number of hydrogen-bond acceptors (Lipinski definition) is 4. The number of carbonyl (C=O) groups is 4. The highest BCUT2D eigenvalue weighted by molar-refractivity contribution is 5.88. The van der Waals surface area contributed by atoms with Crippen LogP contribution in [0.4, 0.5) is 0 Å². The van der Waals surface area contributed by atoms with Crippen LogP contribution in [0.1, 0.15) is 101 Å². The zero-order chi connectivity index (χ0) is 23.8. The van der Waals surface area contributed by atoms with Crippen LogP contribution in [0.25, 0.3) is 0 Å². The van der Waals surface area contributed by atoms with E-state index in [1.54, 1.807) is 6.92 Å². The molecule has 4 N–H and O–H groups in total. The molecule has 0 bridgehead atoms. The van der Waals surface area contributed by atoms with Crippen LogP contribution in [0.15, 0.2) is 0 Å². The van der Waals surface area contributed by atoms with Crippen molar-refractivity contribution in [2.45, 2.75) is 107 Å². The van der Waals surface area contributed by atoms with E-state index in [0.29, 0.717) is 19.4 Å². The van der Waals surface area contributed by atoms with Gasteiger partial charge in [-0.3, -0.25) is 14.4 Å². The number of primary amides is 1. The molecule has 3 amide bonds. The number of carbonyl (C=O) groups excluding carboxylic acids is 4. The molecule has 0 aliphatic heterocycles. The number of nitrogens with two attached hydrogens (primary N) is 1. The van der Waals surface area contributed by atoms with Gasteiger partial charge in [0, 0.05) is 25.8 Å². The van der Waals surface area contributed by atoms with Gasteiger partial charge in [0.2, 0.25) is 17.7 Å². The molecule has 0 radical (unpaired) electrons. The topological polar surface area (TPSA) is 118 Å². The minimum atomic E-state index is -0.608. The molecule has 0 saturated carbocycles. The molecule has 0 aromatic carbocycles. The number of ketones is 1. The molecule has 0 spiro atoms. The van der Waals surface area contributed by atoms with E-state index in [1.165, 1.54) is 0 Å². The lowest BCUT2D eigenvalue weighted by Gasteiger charge is -2.21. The van der Waals surface area contributed by atoms with Crippen LogP contribution in [-0.4, -0.2) is 36.1 Å². The van der Waals surface area contributed by atoms with Crippen molar-refractivity contribution in [2.24, 2.45) is 11.7 Å². The molecule has 0 aliphatic rings. The van der Waals surface area contributed by atoms with Crippen LogP contribution in [-0.2, 0) is 19.2 Å². The summed E-state index contributed by atoms with van der Waals surface area (Å²) in [4.78, 5) is 45.4. The summed E-state index contributed by atoms with van der Waals surface area (Å²) < 4.78 is 0. The molecule has 0 saturated heterocycles. The van der Waals surface area contributed by atoms with E-state index < -0.39 is 11.9 Å². The van der Waals surface area contributed by atoms with Gasteiger partial charge in [-0.1, -0.05) is 55.4 Å². The minimum absolute atomic E-state index is 0.0488. The Balaban J connectivity index is -0.000000472. The predicted octanol–water partition coefficient (Wildman–Crippen LogP) is 3.74. The molecule has 7 heteroatoms. The Labute approximate surface area is 179 Å². The van der Waals surface area contributed by atoms with Crippen molar-refractivity contribution in [3.8, 4) is 0 Å². The monoisotopic (exact) mass is 417 g/mol. The maximum atomic E-state index is 12.1. The third kappa shape index (κ3) is 26.1. The summed E-state index contributed by atoms with van der Waals surface area (Å²) in [6.45, 7) is 17.7. The van der Waals surface area contributed by atoms with Crippen LogP contribution in [0, 0.1) is 5.92 Å². The zero-order valence-corrected chi connectivity index (χ0v) is 20.3. The summed E-state index contributed by atoms with van der Waals surface area (Å²) in [5.74, 6) is -0.851. The van der Waals surface area contributed by atoms with E-state index in [1.807, 2.05) is 55.4 Å². The van der Waals surface area contributed by atoms with Crippen LogP contribution in [0.3, 0.4) is 0 Å². The SMILES string of the molecule is CC.CC.CC.CC(=O)CCCCNC(=O)C(NC(=O)CCCC(N)=O)C(C)C. The van der Waals surface area contributed by atoms with Crippen molar-refractivity contribution in [1.29, 1.82) is 0 Å². The second-order valence-corrected chi connectivity index (χ2v) is 6.06. The van der Waals surface area contributed by atoms with Crippen LogP contribution < -0.4 is 16.4 Å². The minimum Gasteiger partial charge on any atom is -0.370 e. The number of nitrogens with one attached hydrogen (secondary N) is 2. The third-order valence-electron chi connectivity index (χ3n) is 3.35. The molecule has 7 nitrogen and oxygen atoms in total. The lowest BCUT2D eigenvalue weighted by molar-refractivity contribution is -0.130. The van der Waals surface area contributed by atoms with Crippen molar-refractivity contribution in [3.63, 3.8) is 0 Å². The molecule has 0 heterocycles. The molecule has 0 aromatic heterocycles. The number of hydrogen-bond donors (Lipinski definition) is 3. The largest absolute Gasteiger partial charge is 0.370 e. The Morgan fingerprint density at radius 2 is 1.31 bits per heavy atom. The maximum absolute atomic E-state index is 12.1. The van der Waals surface area contributed by atoms with Gasteiger partial charge in [0.05, 0.1) is 0 Å². The molecule has 1 atom stereocenters. The van der Waals surface area contributed by atoms with Gasteiger partial charge in [-0.05, 0) is 32.1 Å². The molecule has 0 aliphatic carbocycles. The summed E-state index contributed by atoms with van der Waals surface area (Å²) in [6.07, 6.45) is 2.67. The Hall–Kier alpha value is -1.92. The second-order valence-electron chi connectivity index (χ2n) is 6.06. The lowest BCUT2D eigenvalue weighted by Crippen LogP contribution is -2.49. The predicted molar refractivity (Wildman–Crippen MR) is 121 cm³/mol. The maximum Gasteiger partial charge on any atom is 0.242 e. The highest BCUT2D eigenvalue weighted by Gasteiger charge is 2.23. The molecule has 0 rings (SSSR count). The molecule has 29 heavy (non-hydrogen) atoms. The van der Waals surface area contributed by atoms with Crippen LogP contribution >= 0.6 is 0 Å². The first-order valence-corrected chi connectivity index (χ1v) is 11.1. The van der Waals surface area contributed by atoms with E-state index in [4.69, 9.17) is 5.73 Å². The molecule has 0 aromatic rings. The molecular formula is C22H47N3O4. The number of Topliss-reactive ketones (excluding diaryl/α,β-unsaturated/α-hetero) is 1. The van der Waals surface area contributed by atoms with Crippen LogP contribution in [0.5, 0.6) is 0 Å². The van der Waals surface area contributed by atoms with Crippen molar-refractivity contribution in [2.75, 3.05) is 6.54 Å². The van der Waals surface area contributed by atoms with Gasteiger partial charge in [0.15, 0.2) is 0 Å². The lowest BCUT2D eigenvalue weighted by atomic mass is 10.0. The van der Waals surface area contributed by atoms with E-state index in [9.17, 15) is 19.2 Å². The molecule has 0 fully saturated rings. The molecule has 1 unspecified atom stereocenters. The van der Waals surface area contributed by atoms with Gasteiger partial charge in [0.25, 0.3) is 0 Å². The van der Waals surface area contributed by atoms with Crippen molar-refractivity contribution in [1.82, 2.24) is 10.6 Å². The molecular weight excluding hydrogens is 370 g/mol. The highest BCUT2D eigenvalue weighted by atomic mass is 16.2. The smallest absolute Gasteiger partial charge is 0.242 e. The zero-order valence-electron chi connectivity index (χ0n) is 20.3. The number of amides is 3. The van der Waals surface area contributed by atoms with Crippen molar-refractivity contribution in [3.05, 3.63) is 0 Å². The van der Waals surface area contributed by atoms with Gasteiger partial charge >= 0.3 is 0 Å². The quantitative estimate of drug-likeness (QED) is 0.419. The average molecular weight is 418 g/mol. The fraction of sp³-hybridized carbons (Fsp3) is 0.818. The van der Waals surface area contributed by atoms with Gasteiger partial charge < -0.3 is 21.2 Å². The first-order chi connectivity index (χ1) is 13.7. The van der Waals surface area contributed by atoms with Crippen molar-refractivity contribution < 1.29 is 19.2 Å². The van der Waals surface area contributed by atoms with E-state index >= 15 is 0 Å². The number of unbranched alkanes of at least 4 members (excludes halogenated alkanes) is 1. The normalized spacial score (nSPS) is 10.0. The number of rotatable bonds is 12. The Morgan fingerprint density at radius 1 is 0.793 bits per heavy atom. The van der Waals surface area contributed by atoms with E-state index in [0.717, 1.165) is 12.8 Å². The Kier molecular flexibility index (Phi) is 31.1. The third-order valence-corrected chi connectivity index (χ3v) is 3.35. The summed E-state index contributed by atoms with van der Waals surface area (Å²) >= 11 is 0. The summed E-state index contributed by atoms with van der Waals surface area (Å²) in [5.41, 5.74) is 5.02. The van der Waals surface area contributed by atoms with Crippen molar-refractivity contribution >= 4 is 23.5 Å². The first-order valence-electron chi connectivity index (χ1n) is 11.1. The summed E-state index contributed by atoms with van der Waals surface area (Å²) in [6, 6.07) is -0.608. The second kappa shape index (κ2) is 26.1. The highest BCUT2D eigenvalue weighted by Crippen LogP contribution is 2.04. The van der Waals surface area contributed by atoms with Crippen LogP contribution in [0.2, 0.25) is 0 Å². The summed E-state index contributed by atoms with van der Waals surface area (Å²) in [7, 11) is 0. The van der Waals surface area contributed by atoms with E-state index in [-0.39, 0.29) is 36.4 Å². The van der Waals surface area contributed by atoms with Gasteiger partial charge in [-0.15, -0.1) is 0 Å². The van der Waals surface area contributed by atoms with E-state index in [2.05, 4.69) is 10.6 Å². The fourth-order valence-electron chi connectivity index (χ4n) is 2.02. The van der Waals surface area contributed by atoms with Gasteiger partial charge in [0.1, 0.15) is 11.8 Å².